The van der Waals surface area contributed by atoms with Gasteiger partial charge in [-0.15, -0.1) is 0 Å². The van der Waals surface area contributed by atoms with Crippen LogP contribution in [0.15, 0.2) is 28.9 Å². The molecule has 3 N–H and O–H groups in total. The first-order valence-corrected chi connectivity index (χ1v) is 5.78. The fourth-order valence-corrected chi connectivity index (χ4v) is 1.98. The van der Waals surface area contributed by atoms with Gasteiger partial charge in [0.25, 0.3) is 0 Å². The van der Waals surface area contributed by atoms with Gasteiger partial charge in [-0.2, -0.15) is 0 Å². The van der Waals surface area contributed by atoms with Crippen LogP contribution in [0.5, 0.6) is 5.75 Å². The van der Waals surface area contributed by atoms with Crippen LogP contribution < -0.4 is 5.73 Å². The Morgan fingerprint density at radius 1 is 1.35 bits per heavy atom. The third-order valence-corrected chi connectivity index (χ3v) is 3.30. The van der Waals surface area contributed by atoms with E-state index in [1.165, 1.54) is 6.42 Å². The third kappa shape index (κ3) is 1.75. The van der Waals surface area contributed by atoms with E-state index in [-0.39, 0.29) is 5.75 Å². The summed E-state index contributed by atoms with van der Waals surface area (Å²) in [6, 6.07) is 5.06. The lowest BCUT2D eigenvalue weighted by Gasteiger charge is -2.21. The summed E-state index contributed by atoms with van der Waals surface area (Å²) in [6.07, 6.45) is 5.24. The number of hydrogen-bond donors (Lipinski definition) is 2. The first-order chi connectivity index (χ1) is 8.24. The second-order valence-corrected chi connectivity index (χ2v) is 4.47. The van der Waals surface area contributed by atoms with E-state index in [9.17, 15) is 5.11 Å². The van der Waals surface area contributed by atoms with E-state index in [0.29, 0.717) is 11.6 Å². The van der Waals surface area contributed by atoms with E-state index >= 15 is 0 Å². The molecule has 0 radical (unpaired) electrons. The molecule has 0 aliphatic heterocycles. The van der Waals surface area contributed by atoms with Crippen molar-refractivity contribution in [2.24, 2.45) is 0 Å². The van der Waals surface area contributed by atoms with Crippen LogP contribution >= 0.6 is 0 Å². The molecule has 0 unspecified atom stereocenters. The number of anilines is 1. The highest BCUT2D eigenvalue weighted by Gasteiger charge is 2.24. The van der Waals surface area contributed by atoms with Gasteiger partial charge >= 0.3 is 0 Å². The molecule has 0 spiro atoms. The molecule has 1 fully saturated rings. The smallest absolute Gasteiger partial charge is 0.197 e. The molecule has 4 heteroatoms. The van der Waals surface area contributed by atoms with E-state index < -0.39 is 0 Å². The van der Waals surface area contributed by atoms with Gasteiger partial charge in [-0.1, -0.05) is 6.42 Å². The summed E-state index contributed by atoms with van der Waals surface area (Å²) in [5.41, 5.74) is 7.66. The second-order valence-electron chi connectivity index (χ2n) is 4.47. The minimum absolute atomic E-state index is 0.0939. The van der Waals surface area contributed by atoms with Crippen molar-refractivity contribution in [1.82, 2.24) is 4.98 Å². The Bertz CT molecular complexity index is 544. The van der Waals surface area contributed by atoms with Crippen molar-refractivity contribution in [3.63, 3.8) is 0 Å². The van der Waals surface area contributed by atoms with Crippen molar-refractivity contribution in [3.8, 4) is 17.0 Å². The summed E-state index contributed by atoms with van der Waals surface area (Å²) in [4.78, 5) is 4.47. The Hall–Kier alpha value is -1.97. The predicted octanol–water partition coefficient (Wildman–Crippen LogP) is 2.90. The number of hydrogen-bond acceptors (Lipinski definition) is 4. The minimum atomic E-state index is 0.0939. The number of nitrogens with zero attached hydrogens (tertiary/aromatic N) is 1. The Kier molecular flexibility index (Phi) is 2.28. The normalized spacial score (nSPS) is 15.8. The molecule has 1 aliphatic carbocycles. The maximum Gasteiger partial charge on any atom is 0.197 e. The highest BCUT2D eigenvalue weighted by Crippen LogP contribution is 2.37. The summed E-state index contributed by atoms with van der Waals surface area (Å²) in [5.74, 6) is 1.40. The molecule has 3 rings (SSSR count). The number of phenolic OH excluding ortho intramolecular Hbond substituents is 1. The Morgan fingerprint density at radius 3 is 2.82 bits per heavy atom. The van der Waals surface area contributed by atoms with Gasteiger partial charge in [0.05, 0.1) is 5.69 Å². The van der Waals surface area contributed by atoms with Crippen LogP contribution in [0.2, 0.25) is 0 Å². The molecule has 0 bridgehead atoms. The number of benzene rings is 1. The van der Waals surface area contributed by atoms with E-state index in [4.69, 9.17) is 10.2 Å². The molecule has 17 heavy (non-hydrogen) atoms. The van der Waals surface area contributed by atoms with Crippen molar-refractivity contribution in [2.45, 2.75) is 25.2 Å². The zero-order valence-corrected chi connectivity index (χ0v) is 9.39. The van der Waals surface area contributed by atoms with Gasteiger partial charge < -0.3 is 15.3 Å². The van der Waals surface area contributed by atoms with Crippen LogP contribution in [0.4, 0.5) is 5.69 Å². The molecule has 1 aromatic carbocycles. The molecule has 1 saturated carbocycles. The van der Waals surface area contributed by atoms with E-state index in [1.807, 2.05) is 0 Å². The van der Waals surface area contributed by atoms with Gasteiger partial charge in [0.15, 0.2) is 5.89 Å². The van der Waals surface area contributed by atoms with Crippen LogP contribution in [-0.4, -0.2) is 10.1 Å². The lowest BCUT2D eigenvalue weighted by atomic mass is 9.85. The molecular formula is C13H14N2O2. The molecule has 0 saturated heterocycles. The number of oxazole rings is 1. The molecular weight excluding hydrogens is 216 g/mol. The summed E-state index contributed by atoms with van der Waals surface area (Å²) in [7, 11) is 0. The van der Waals surface area contributed by atoms with Gasteiger partial charge in [-0.05, 0) is 31.0 Å². The van der Waals surface area contributed by atoms with Gasteiger partial charge in [0.2, 0.25) is 0 Å². The topological polar surface area (TPSA) is 72.3 Å². The maximum atomic E-state index is 9.36. The van der Waals surface area contributed by atoms with Crippen molar-refractivity contribution < 1.29 is 9.52 Å². The first kappa shape index (κ1) is 10.2. The van der Waals surface area contributed by atoms with Crippen molar-refractivity contribution in [3.05, 3.63) is 30.4 Å². The van der Waals surface area contributed by atoms with Crippen molar-refractivity contribution >= 4 is 5.69 Å². The van der Waals surface area contributed by atoms with Gasteiger partial charge in [-0.25, -0.2) is 4.98 Å². The summed E-state index contributed by atoms with van der Waals surface area (Å²) < 4.78 is 5.48. The van der Waals surface area contributed by atoms with Crippen LogP contribution in [0, 0.1) is 0 Å². The molecule has 2 aromatic rings. The number of nitrogen functional groups attached to an aromatic ring is 1. The Balaban J connectivity index is 1.92. The van der Waals surface area contributed by atoms with Gasteiger partial charge in [-0.3, -0.25) is 0 Å². The SMILES string of the molecule is Nc1cc(-c2coc(C3CCC3)n2)ccc1O. The molecule has 1 heterocycles. The highest BCUT2D eigenvalue weighted by molar-refractivity contribution is 5.67. The second kappa shape index (κ2) is 3.80. The van der Waals surface area contributed by atoms with Crippen molar-refractivity contribution in [2.75, 3.05) is 5.73 Å². The first-order valence-electron chi connectivity index (χ1n) is 5.78. The van der Waals surface area contributed by atoms with Crippen LogP contribution in [-0.2, 0) is 0 Å². The molecule has 4 nitrogen and oxygen atoms in total. The third-order valence-electron chi connectivity index (χ3n) is 3.30. The molecule has 1 aromatic heterocycles. The number of rotatable bonds is 2. The molecule has 0 amide bonds. The lowest BCUT2D eigenvalue weighted by molar-refractivity contribution is 0.335. The zero-order valence-electron chi connectivity index (χ0n) is 9.39. The largest absolute Gasteiger partial charge is 0.506 e. The number of nitrogens with two attached hydrogens (primary N) is 1. The van der Waals surface area contributed by atoms with Gasteiger partial charge in [0, 0.05) is 11.5 Å². The number of phenols is 1. The molecule has 88 valence electrons. The van der Waals surface area contributed by atoms with Crippen LogP contribution in [0.3, 0.4) is 0 Å². The minimum Gasteiger partial charge on any atom is -0.506 e. The van der Waals surface area contributed by atoms with Crippen LogP contribution in [0.25, 0.3) is 11.3 Å². The van der Waals surface area contributed by atoms with Crippen LogP contribution in [0.1, 0.15) is 31.1 Å². The fourth-order valence-electron chi connectivity index (χ4n) is 1.98. The average molecular weight is 230 g/mol. The average Bonchev–Trinajstić information content (AvgIpc) is 2.69. The fraction of sp³-hybridized carbons (Fsp3) is 0.308. The predicted molar refractivity (Wildman–Crippen MR) is 64.6 cm³/mol. The Labute approximate surface area is 99.1 Å². The number of aromatic hydroxyl groups is 1. The van der Waals surface area contributed by atoms with E-state index in [1.54, 1.807) is 24.5 Å². The lowest BCUT2D eigenvalue weighted by Crippen LogP contribution is -2.08. The van der Waals surface area contributed by atoms with E-state index in [0.717, 1.165) is 30.0 Å². The van der Waals surface area contributed by atoms with Gasteiger partial charge in [0.1, 0.15) is 17.7 Å². The van der Waals surface area contributed by atoms with E-state index in [2.05, 4.69) is 4.98 Å². The van der Waals surface area contributed by atoms with Crippen molar-refractivity contribution in [1.29, 1.82) is 0 Å². The molecule has 1 aliphatic rings. The zero-order chi connectivity index (χ0) is 11.8. The summed E-state index contributed by atoms with van der Waals surface area (Å²) >= 11 is 0. The number of aromatic nitrogens is 1. The standard InChI is InChI=1S/C13H14N2O2/c14-10-6-9(4-5-12(10)16)11-7-17-13(15-11)8-2-1-3-8/h4-8,16H,1-3,14H2. The quantitative estimate of drug-likeness (QED) is 0.614. The summed E-state index contributed by atoms with van der Waals surface area (Å²) in [6.45, 7) is 0. The molecule has 0 atom stereocenters. The maximum absolute atomic E-state index is 9.36. The monoisotopic (exact) mass is 230 g/mol. The highest BCUT2D eigenvalue weighted by atomic mass is 16.3. The Morgan fingerprint density at radius 2 is 2.18 bits per heavy atom. The summed E-state index contributed by atoms with van der Waals surface area (Å²) in [5, 5.41) is 9.36.